The van der Waals surface area contributed by atoms with Crippen LogP contribution < -0.4 is 11.5 Å². The molecular formula is C11H23N5O. The predicted molar refractivity (Wildman–Crippen MR) is 69.2 cm³/mol. The third-order valence-corrected chi connectivity index (χ3v) is 2.92. The van der Waals surface area contributed by atoms with E-state index in [9.17, 15) is 0 Å². The maximum absolute atomic E-state index is 5.80. The van der Waals surface area contributed by atoms with E-state index in [2.05, 4.69) is 23.8 Å². The molecular weight excluding hydrogens is 218 g/mol. The summed E-state index contributed by atoms with van der Waals surface area (Å²) < 4.78 is 0. The van der Waals surface area contributed by atoms with Crippen molar-refractivity contribution in [2.75, 3.05) is 6.61 Å². The van der Waals surface area contributed by atoms with Gasteiger partial charge >= 0.3 is 0 Å². The van der Waals surface area contributed by atoms with Crippen LogP contribution in [-0.2, 0) is 4.84 Å². The average Bonchev–Trinajstić information content (AvgIpc) is 2.21. The zero-order valence-electron chi connectivity index (χ0n) is 11.1. The number of nitrogens with two attached hydrogens (primary N) is 2. The SMILES string of the molecule is CCC(CC)CON1C(N)=NC(N)=NC1(C)C. The summed E-state index contributed by atoms with van der Waals surface area (Å²) in [7, 11) is 0. The molecule has 0 fully saturated rings. The summed E-state index contributed by atoms with van der Waals surface area (Å²) in [5.41, 5.74) is 10.8. The highest BCUT2D eigenvalue weighted by Gasteiger charge is 2.33. The Morgan fingerprint density at radius 2 is 1.88 bits per heavy atom. The van der Waals surface area contributed by atoms with Gasteiger partial charge in [0, 0.05) is 0 Å². The molecule has 0 amide bonds. The highest BCUT2D eigenvalue weighted by Crippen LogP contribution is 2.21. The molecule has 0 atom stereocenters. The zero-order valence-corrected chi connectivity index (χ0v) is 11.1. The fraction of sp³-hybridized carbons (Fsp3) is 0.818. The van der Waals surface area contributed by atoms with Crippen LogP contribution in [0.1, 0.15) is 40.5 Å². The molecule has 0 spiro atoms. The van der Waals surface area contributed by atoms with Gasteiger partial charge in [-0.25, -0.2) is 4.99 Å². The van der Waals surface area contributed by atoms with E-state index >= 15 is 0 Å². The quantitative estimate of drug-likeness (QED) is 0.752. The van der Waals surface area contributed by atoms with Crippen molar-refractivity contribution in [2.45, 2.75) is 46.2 Å². The fourth-order valence-electron chi connectivity index (χ4n) is 1.72. The predicted octanol–water partition coefficient (Wildman–Crippen LogP) is 1.04. The lowest BCUT2D eigenvalue weighted by Gasteiger charge is -2.37. The molecule has 4 N–H and O–H groups in total. The standard InChI is InChI=1S/C11H23N5O/c1-5-8(6-2)7-17-16-10(13)14-9(12)15-11(16,3)4/h8H,5-7H2,1-4H3,(H4,12,13,14,15). The van der Waals surface area contributed by atoms with Gasteiger partial charge in [0.15, 0.2) is 5.66 Å². The second-order valence-electron chi connectivity index (χ2n) is 4.71. The number of nitrogens with zero attached hydrogens (tertiary/aromatic N) is 3. The van der Waals surface area contributed by atoms with Crippen molar-refractivity contribution in [1.29, 1.82) is 0 Å². The van der Waals surface area contributed by atoms with Crippen molar-refractivity contribution in [3.63, 3.8) is 0 Å². The molecule has 0 unspecified atom stereocenters. The molecule has 1 heterocycles. The lowest BCUT2D eigenvalue weighted by molar-refractivity contribution is -0.167. The lowest BCUT2D eigenvalue weighted by atomic mass is 10.1. The molecule has 1 aliphatic heterocycles. The summed E-state index contributed by atoms with van der Waals surface area (Å²) in [6.07, 6.45) is 2.15. The van der Waals surface area contributed by atoms with Gasteiger partial charge in [-0.3, -0.25) is 4.84 Å². The molecule has 0 aromatic heterocycles. The molecule has 6 heteroatoms. The minimum atomic E-state index is -0.609. The van der Waals surface area contributed by atoms with Crippen LogP contribution in [0.25, 0.3) is 0 Å². The van der Waals surface area contributed by atoms with E-state index in [4.69, 9.17) is 16.3 Å². The first-order valence-corrected chi connectivity index (χ1v) is 6.03. The molecule has 1 aliphatic rings. The second kappa shape index (κ2) is 5.35. The zero-order chi connectivity index (χ0) is 13.1. The highest BCUT2D eigenvalue weighted by atomic mass is 16.7. The van der Waals surface area contributed by atoms with Crippen molar-refractivity contribution in [3.05, 3.63) is 0 Å². The first-order valence-electron chi connectivity index (χ1n) is 6.03. The summed E-state index contributed by atoms with van der Waals surface area (Å²) in [6, 6.07) is 0. The first-order chi connectivity index (χ1) is 7.90. The van der Waals surface area contributed by atoms with Crippen LogP contribution in [0.2, 0.25) is 0 Å². The number of aliphatic imine (C=N–C) groups is 2. The van der Waals surface area contributed by atoms with E-state index in [1.54, 1.807) is 0 Å². The minimum Gasteiger partial charge on any atom is -0.368 e. The Hall–Kier alpha value is -1.30. The van der Waals surface area contributed by atoms with Gasteiger partial charge in [0.05, 0.1) is 6.61 Å². The monoisotopic (exact) mass is 241 g/mol. The Kier molecular flexibility index (Phi) is 4.34. The van der Waals surface area contributed by atoms with E-state index < -0.39 is 5.66 Å². The molecule has 17 heavy (non-hydrogen) atoms. The Morgan fingerprint density at radius 3 is 2.35 bits per heavy atom. The first kappa shape index (κ1) is 13.8. The van der Waals surface area contributed by atoms with E-state index in [-0.39, 0.29) is 11.9 Å². The van der Waals surface area contributed by atoms with Crippen LogP contribution >= 0.6 is 0 Å². The minimum absolute atomic E-state index is 0.190. The summed E-state index contributed by atoms with van der Waals surface area (Å²) in [5, 5.41) is 1.53. The molecule has 0 aliphatic carbocycles. The second-order valence-corrected chi connectivity index (χ2v) is 4.71. The van der Waals surface area contributed by atoms with Gasteiger partial charge in [0.2, 0.25) is 11.9 Å². The summed E-state index contributed by atoms with van der Waals surface area (Å²) >= 11 is 0. The van der Waals surface area contributed by atoms with Gasteiger partial charge in [-0.1, -0.05) is 26.7 Å². The van der Waals surface area contributed by atoms with E-state index in [1.165, 1.54) is 5.06 Å². The van der Waals surface area contributed by atoms with Crippen LogP contribution in [-0.4, -0.2) is 29.3 Å². The topological polar surface area (TPSA) is 89.2 Å². The van der Waals surface area contributed by atoms with Gasteiger partial charge < -0.3 is 11.5 Å². The van der Waals surface area contributed by atoms with E-state index in [0.29, 0.717) is 12.5 Å². The summed E-state index contributed by atoms with van der Waals surface area (Å²) in [6.45, 7) is 8.67. The van der Waals surface area contributed by atoms with Crippen LogP contribution in [0.4, 0.5) is 0 Å². The number of rotatable bonds is 5. The van der Waals surface area contributed by atoms with Crippen molar-refractivity contribution < 1.29 is 4.84 Å². The molecule has 6 nitrogen and oxygen atoms in total. The maximum atomic E-state index is 5.80. The van der Waals surface area contributed by atoms with E-state index in [1.807, 2.05) is 13.8 Å². The van der Waals surface area contributed by atoms with E-state index in [0.717, 1.165) is 12.8 Å². The van der Waals surface area contributed by atoms with Gasteiger partial charge in [0.1, 0.15) is 0 Å². The van der Waals surface area contributed by atoms with Crippen LogP contribution in [0.3, 0.4) is 0 Å². The average molecular weight is 241 g/mol. The van der Waals surface area contributed by atoms with Crippen LogP contribution in [0, 0.1) is 5.92 Å². The van der Waals surface area contributed by atoms with Crippen molar-refractivity contribution >= 4 is 11.9 Å². The van der Waals surface area contributed by atoms with Gasteiger partial charge in [0.25, 0.3) is 0 Å². The molecule has 0 saturated carbocycles. The fourth-order valence-corrected chi connectivity index (χ4v) is 1.72. The largest absolute Gasteiger partial charge is 0.368 e. The Labute approximate surface area is 103 Å². The van der Waals surface area contributed by atoms with Gasteiger partial charge in [-0.15, -0.1) is 0 Å². The van der Waals surface area contributed by atoms with Crippen molar-refractivity contribution in [2.24, 2.45) is 27.4 Å². The molecule has 0 aromatic rings. The smallest absolute Gasteiger partial charge is 0.226 e. The van der Waals surface area contributed by atoms with Gasteiger partial charge in [-0.05, 0) is 19.8 Å². The summed E-state index contributed by atoms with van der Waals surface area (Å²) in [5.74, 6) is 0.963. The lowest BCUT2D eigenvalue weighted by Crippen LogP contribution is -2.54. The molecule has 0 radical (unpaired) electrons. The van der Waals surface area contributed by atoms with Crippen molar-refractivity contribution in [1.82, 2.24) is 5.06 Å². The Balaban J connectivity index is 2.68. The Morgan fingerprint density at radius 1 is 1.29 bits per heavy atom. The molecule has 1 rings (SSSR count). The molecule has 98 valence electrons. The molecule has 0 aromatic carbocycles. The van der Waals surface area contributed by atoms with Crippen LogP contribution in [0.15, 0.2) is 9.98 Å². The number of hydroxylamine groups is 2. The van der Waals surface area contributed by atoms with Crippen LogP contribution in [0.5, 0.6) is 0 Å². The third-order valence-electron chi connectivity index (χ3n) is 2.92. The highest BCUT2D eigenvalue weighted by molar-refractivity contribution is 5.95. The molecule has 0 saturated heterocycles. The van der Waals surface area contributed by atoms with Crippen molar-refractivity contribution in [3.8, 4) is 0 Å². The summed E-state index contributed by atoms with van der Waals surface area (Å²) in [4.78, 5) is 13.8. The number of hydrogen-bond acceptors (Lipinski definition) is 6. The third kappa shape index (κ3) is 3.33. The van der Waals surface area contributed by atoms with Gasteiger partial charge in [-0.2, -0.15) is 10.1 Å². The maximum Gasteiger partial charge on any atom is 0.226 e. The Bertz CT molecular complexity index is 320. The number of guanidine groups is 2. The normalized spacial score (nSPS) is 19.2. The molecule has 0 bridgehead atoms. The number of hydrogen-bond donors (Lipinski definition) is 2.